The number of ether oxygens (including phenoxy) is 1. The van der Waals surface area contributed by atoms with Crippen LogP contribution in [0.3, 0.4) is 0 Å². The van der Waals surface area contributed by atoms with Gasteiger partial charge in [-0.25, -0.2) is 0 Å². The van der Waals surface area contributed by atoms with E-state index in [4.69, 9.17) is 4.74 Å². The van der Waals surface area contributed by atoms with E-state index >= 15 is 0 Å². The molecule has 0 spiro atoms. The molecule has 1 amide bonds. The van der Waals surface area contributed by atoms with Crippen molar-refractivity contribution in [2.75, 3.05) is 39.2 Å². The molecule has 1 N–H and O–H groups in total. The Morgan fingerprint density at radius 1 is 1.45 bits per heavy atom. The van der Waals surface area contributed by atoms with Gasteiger partial charge in [-0.05, 0) is 25.0 Å². The normalized spacial score (nSPS) is 10.3. The minimum atomic E-state index is -0.0287. The van der Waals surface area contributed by atoms with Crippen LogP contribution in [0.2, 0.25) is 0 Å². The van der Waals surface area contributed by atoms with Crippen LogP contribution in [0.15, 0.2) is 18.3 Å². The number of hydrogen-bond acceptors (Lipinski definition) is 4. The lowest BCUT2D eigenvalue weighted by Crippen LogP contribution is -2.28. The summed E-state index contributed by atoms with van der Waals surface area (Å²) in [6.07, 6.45) is 4.68. The summed E-state index contributed by atoms with van der Waals surface area (Å²) >= 11 is 0. The van der Waals surface area contributed by atoms with Gasteiger partial charge >= 0.3 is 0 Å². The van der Waals surface area contributed by atoms with Crippen LogP contribution in [-0.4, -0.2) is 49.6 Å². The van der Waals surface area contributed by atoms with Gasteiger partial charge in [-0.2, -0.15) is 0 Å². The molecule has 0 fully saturated rings. The van der Waals surface area contributed by atoms with Gasteiger partial charge in [0.15, 0.2) is 0 Å². The molecule has 5 heteroatoms. The molecule has 0 aliphatic carbocycles. The second-order valence-corrected chi connectivity index (χ2v) is 4.78. The van der Waals surface area contributed by atoms with Crippen LogP contribution in [0.1, 0.15) is 36.7 Å². The van der Waals surface area contributed by atoms with E-state index in [9.17, 15) is 4.79 Å². The Kier molecular flexibility index (Phi) is 7.65. The summed E-state index contributed by atoms with van der Waals surface area (Å²) in [7, 11) is 3.51. The molecule has 1 aromatic heterocycles. The van der Waals surface area contributed by atoms with Gasteiger partial charge in [0.25, 0.3) is 5.91 Å². The molecule has 0 aliphatic rings. The fourth-order valence-corrected chi connectivity index (χ4v) is 1.80. The lowest BCUT2D eigenvalue weighted by atomic mass is 10.2. The molecule has 1 aromatic rings. The summed E-state index contributed by atoms with van der Waals surface area (Å²) in [5.74, 6) is -0.0287. The number of methoxy groups -OCH3 is 1. The van der Waals surface area contributed by atoms with Crippen molar-refractivity contribution < 1.29 is 9.53 Å². The average Bonchev–Trinajstić information content (AvgIpc) is 2.48. The number of carbonyl (C=O) groups is 1. The predicted molar refractivity (Wildman–Crippen MR) is 81.1 cm³/mol. The predicted octanol–water partition coefficient (Wildman–Crippen LogP) is 2.40. The second-order valence-electron chi connectivity index (χ2n) is 4.78. The van der Waals surface area contributed by atoms with Crippen LogP contribution >= 0.6 is 0 Å². The Morgan fingerprint density at radius 2 is 2.25 bits per heavy atom. The largest absolute Gasteiger partial charge is 0.385 e. The lowest BCUT2D eigenvalue weighted by Gasteiger charge is -2.16. The average molecular weight is 279 g/mol. The number of nitrogens with one attached hydrogen (secondary N) is 1. The fourth-order valence-electron chi connectivity index (χ4n) is 1.80. The highest BCUT2D eigenvalue weighted by Gasteiger charge is 2.12. The highest BCUT2D eigenvalue weighted by atomic mass is 16.5. The van der Waals surface area contributed by atoms with E-state index in [2.05, 4.69) is 17.2 Å². The summed E-state index contributed by atoms with van der Waals surface area (Å²) in [5, 5.41) is 3.27. The third kappa shape index (κ3) is 5.57. The third-order valence-corrected chi connectivity index (χ3v) is 3.03. The topological polar surface area (TPSA) is 54.5 Å². The van der Waals surface area contributed by atoms with E-state index in [1.54, 1.807) is 24.3 Å². The molecule has 0 unspecified atom stereocenters. The number of aromatic nitrogens is 1. The maximum absolute atomic E-state index is 12.2. The van der Waals surface area contributed by atoms with E-state index < -0.39 is 0 Å². The summed E-state index contributed by atoms with van der Waals surface area (Å²) in [6, 6.07) is 3.67. The van der Waals surface area contributed by atoms with Crippen molar-refractivity contribution in [3.05, 3.63) is 24.0 Å². The standard InChI is InChI=1S/C15H25N3O2/c1-4-5-10-18(2)15(19)14-12-13(7-9-17-14)16-8-6-11-20-3/h7,9,12H,4-6,8,10-11H2,1-3H3,(H,16,17). The van der Waals surface area contributed by atoms with Gasteiger partial charge in [0, 0.05) is 45.7 Å². The van der Waals surface area contributed by atoms with Crippen molar-refractivity contribution in [1.82, 2.24) is 9.88 Å². The van der Waals surface area contributed by atoms with E-state index in [-0.39, 0.29) is 5.91 Å². The minimum absolute atomic E-state index is 0.0287. The number of unbranched alkanes of at least 4 members (excludes halogenated alkanes) is 1. The number of amides is 1. The first-order valence-corrected chi connectivity index (χ1v) is 7.13. The quantitative estimate of drug-likeness (QED) is 0.705. The Labute approximate surface area is 121 Å². The Hall–Kier alpha value is -1.62. The van der Waals surface area contributed by atoms with Crippen LogP contribution in [-0.2, 0) is 4.74 Å². The van der Waals surface area contributed by atoms with E-state index in [0.717, 1.165) is 44.6 Å². The summed E-state index contributed by atoms with van der Waals surface area (Å²) in [4.78, 5) is 18.1. The molecule has 0 aromatic carbocycles. The second kappa shape index (κ2) is 9.31. The van der Waals surface area contributed by atoms with Crippen LogP contribution in [0.4, 0.5) is 5.69 Å². The van der Waals surface area contributed by atoms with E-state index in [0.29, 0.717) is 5.69 Å². The molecule has 5 nitrogen and oxygen atoms in total. The first-order valence-electron chi connectivity index (χ1n) is 7.13. The molecular formula is C15H25N3O2. The zero-order chi connectivity index (χ0) is 14.8. The van der Waals surface area contributed by atoms with Gasteiger partial charge in [-0.3, -0.25) is 9.78 Å². The molecule has 0 saturated heterocycles. The van der Waals surface area contributed by atoms with Crippen molar-refractivity contribution in [1.29, 1.82) is 0 Å². The van der Waals surface area contributed by atoms with Crippen LogP contribution in [0.5, 0.6) is 0 Å². The molecule has 0 saturated carbocycles. The molecular weight excluding hydrogens is 254 g/mol. The first-order chi connectivity index (χ1) is 9.69. The van der Waals surface area contributed by atoms with Gasteiger partial charge in [-0.1, -0.05) is 13.3 Å². The van der Waals surface area contributed by atoms with Crippen molar-refractivity contribution >= 4 is 11.6 Å². The van der Waals surface area contributed by atoms with Crippen molar-refractivity contribution in [2.24, 2.45) is 0 Å². The zero-order valence-corrected chi connectivity index (χ0v) is 12.7. The summed E-state index contributed by atoms with van der Waals surface area (Å²) in [6.45, 7) is 4.42. The Bertz CT molecular complexity index is 410. The number of pyridine rings is 1. The highest BCUT2D eigenvalue weighted by Crippen LogP contribution is 2.10. The monoisotopic (exact) mass is 279 g/mol. The number of carbonyl (C=O) groups excluding carboxylic acids is 1. The summed E-state index contributed by atoms with van der Waals surface area (Å²) < 4.78 is 5.00. The zero-order valence-electron chi connectivity index (χ0n) is 12.7. The number of anilines is 1. The SMILES string of the molecule is CCCCN(C)C(=O)c1cc(NCCCOC)ccn1. The lowest BCUT2D eigenvalue weighted by molar-refractivity contribution is 0.0787. The van der Waals surface area contributed by atoms with Gasteiger partial charge in [0.1, 0.15) is 5.69 Å². The molecule has 0 bridgehead atoms. The van der Waals surface area contributed by atoms with Crippen molar-refractivity contribution in [3.8, 4) is 0 Å². The number of hydrogen-bond donors (Lipinski definition) is 1. The van der Waals surface area contributed by atoms with Crippen LogP contribution in [0.25, 0.3) is 0 Å². The maximum Gasteiger partial charge on any atom is 0.272 e. The Balaban J connectivity index is 2.55. The van der Waals surface area contributed by atoms with Crippen LogP contribution < -0.4 is 5.32 Å². The minimum Gasteiger partial charge on any atom is -0.385 e. The fraction of sp³-hybridized carbons (Fsp3) is 0.600. The molecule has 1 rings (SSSR count). The van der Waals surface area contributed by atoms with Gasteiger partial charge in [0.2, 0.25) is 0 Å². The van der Waals surface area contributed by atoms with Crippen molar-refractivity contribution in [2.45, 2.75) is 26.2 Å². The highest BCUT2D eigenvalue weighted by molar-refractivity contribution is 5.92. The number of rotatable bonds is 9. The van der Waals surface area contributed by atoms with Gasteiger partial charge < -0.3 is 15.0 Å². The van der Waals surface area contributed by atoms with E-state index in [1.165, 1.54) is 0 Å². The Morgan fingerprint density at radius 3 is 2.95 bits per heavy atom. The molecule has 0 aliphatic heterocycles. The molecule has 20 heavy (non-hydrogen) atoms. The van der Waals surface area contributed by atoms with Gasteiger partial charge in [-0.15, -0.1) is 0 Å². The third-order valence-electron chi connectivity index (χ3n) is 3.03. The molecule has 1 heterocycles. The maximum atomic E-state index is 12.2. The van der Waals surface area contributed by atoms with Gasteiger partial charge in [0.05, 0.1) is 0 Å². The van der Waals surface area contributed by atoms with Crippen molar-refractivity contribution in [3.63, 3.8) is 0 Å². The summed E-state index contributed by atoms with van der Waals surface area (Å²) in [5.41, 5.74) is 1.41. The molecule has 0 radical (unpaired) electrons. The first kappa shape index (κ1) is 16.4. The van der Waals surface area contributed by atoms with E-state index in [1.807, 2.05) is 13.1 Å². The molecule has 112 valence electrons. The molecule has 0 atom stereocenters. The van der Waals surface area contributed by atoms with Crippen LogP contribution in [0, 0.1) is 0 Å². The smallest absolute Gasteiger partial charge is 0.272 e. The number of nitrogens with zero attached hydrogens (tertiary/aromatic N) is 2.